The van der Waals surface area contributed by atoms with Crippen molar-refractivity contribution in [1.29, 1.82) is 0 Å². The molecule has 0 atom stereocenters. The SMILES string of the molecule is BrCc1ccc(-c2ccc(-c3nnnn3C(c3ccccc3)(c3ccccc3)c3ccccc3)cc2)cc1. The fourth-order valence-corrected chi connectivity index (χ4v) is 5.47. The van der Waals surface area contributed by atoms with Crippen LogP contribution in [0.3, 0.4) is 0 Å². The number of rotatable bonds is 7. The Hall–Kier alpha value is -4.35. The van der Waals surface area contributed by atoms with Crippen molar-refractivity contribution in [3.8, 4) is 22.5 Å². The summed E-state index contributed by atoms with van der Waals surface area (Å²) in [5, 5.41) is 14.2. The molecular weight excluding hydrogens is 532 g/mol. The number of alkyl halides is 1. The molecule has 0 saturated carbocycles. The molecular formula is C33H25BrN4. The van der Waals surface area contributed by atoms with Gasteiger partial charge in [0.05, 0.1) is 0 Å². The zero-order valence-corrected chi connectivity index (χ0v) is 22.2. The van der Waals surface area contributed by atoms with Gasteiger partial charge < -0.3 is 0 Å². The maximum atomic E-state index is 4.65. The largest absolute Gasteiger partial charge is 0.206 e. The van der Waals surface area contributed by atoms with Crippen molar-refractivity contribution in [1.82, 2.24) is 20.2 Å². The Labute approximate surface area is 230 Å². The predicted molar refractivity (Wildman–Crippen MR) is 156 cm³/mol. The predicted octanol–water partition coefficient (Wildman–Crippen LogP) is 7.74. The molecule has 184 valence electrons. The summed E-state index contributed by atoms with van der Waals surface area (Å²) in [6, 6.07) is 48.4. The van der Waals surface area contributed by atoms with Crippen molar-refractivity contribution in [3.05, 3.63) is 162 Å². The average molecular weight is 557 g/mol. The maximum Gasteiger partial charge on any atom is 0.183 e. The highest BCUT2D eigenvalue weighted by Gasteiger charge is 2.41. The van der Waals surface area contributed by atoms with Crippen LogP contribution in [0.2, 0.25) is 0 Å². The fourth-order valence-electron chi connectivity index (χ4n) is 5.10. The molecule has 38 heavy (non-hydrogen) atoms. The third-order valence-electron chi connectivity index (χ3n) is 6.95. The van der Waals surface area contributed by atoms with Crippen LogP contribution in [0.1, 0.15) is 22.3 Å². The second kappa shape index (κ2) is 10.6. The molecule has 0 amide bonds. The normalized spacial score (nSPS) is 11.4. The summed E-state index contributed by atoms with van der Waals surface area (Å²) in [5.74, 6) is 0.697. The molecule has 5 heteroatoms. The Balaban J connectivity index is 1.54. The number of aromatic nitrogens is 4. The lowest BCUT2D eigenvalue weighted by molar-refractivity contribution is 0.451. The van der Waals surface area contributed by atoms with Crippen LogP contribution in [0.25, 0.3) is 22.5 Å². The van der Waals surface area contributed by atoms with Gasteiger partial charge in [-0.3, -0.25) is 0 Å². The standard InChI is InChI=1S/C33H25BrN4/c34-24-25-16-18-26(19-17-25)27-20-22-28(23-21-27)32-35-36-37-38(32)33(29-10-4-1-5-11-29,30-12-6-2-7-13-30)31-14-8-3-9-15-31/h1-23H,24H2. The van der Waals surface area contributed by atoms with Crippen molar-refractivity contribution in [2.24, 2.45) is 0 Å². The first kappa shape index (κ1) is 24.0. The van der Waals surface area contributed by atoms with Crippen molar-refractivity contribution in [2.45, 2.75) is 10.9 Å². The maximum absolute atomic E-state index is 4.65. The summed E-state index contributed by atoms with van der Waals surface area (Å²) in [6.45, 7) is 0. The first-order chi connectivity index (χ1) is 18.8. The minimum absolute atomic E-state index is 0.697. The van der Waals surface area contributed by atoms with E-state index >= 15 is 0 Å². The van der Waals surface area contributed by atoms with Crippen molar-refractivity contribution in [3.63, 3.8) is 0 Å². The topological polar surface area (TPSA) is 43.6 Å². The molecule has 0 aliphatic carbocycles. The van der Waals surface area contributed by atoms with E-state index in [0.29, 0.717) is 5.82 Å². The van der Waals surface area contributed by atoms with E-state index in [1.807, 2.05) is 22.9 Å². The van der Waals surface area contributed by atoms with E-state index in [4.69, 9.17) is 0 Å². The van der Waals surface area contributed by atoms with E-state index < -0.39 is 5.54 Å². The van der Waals surface area contributed by atoms with Gasteiger partial charge in [0, 0.05) is 10.9 Å². The molecule has 0 aliphatic rings. The van der Waals surface area contributed by atoms with E-state index in [2.05, 4.69) is 153 Å². The number of halogens is 1. The van der Waals surface area contributed by atoms with Gasteiger partial charge >= 0.3 is 0 Å². The molecule has 0 spiro atoms. The second-order valence-electron chi connectivity index (χ2n) is 9.13. The number of benzene rings is 5. The lowest BCUT2D eigenvalue weighted by Gasteiger charge is -2.36. The molecule has 1 aromatic heterocycles. The number of nitrogens with zero attached hydrogens (tertiary/aromatic N) is 4. The minimum Gasteiger partial charge on any atom is -0.206 e. The van der Waals surface area contributed by atoms with Crippen LogP contribution in [0.4, 0.5) is 0 Å². The molecule has 0 fully saturated rings. The smallest absolute Gasteiger partial charge is 0.183 e. The summed E-state index contributed by atoms with van der Waals surface area (Å²) in [6.07, 6.45) is 0. The quantitative estimate of drug-likeness (QED) is 0.149. The third-order valence-corrected chi connectivity index (χ3v) is 7.59. The van der Waals surface area contributed by atoms with Crippen LogP contribution in [0, 0.1) is 0 Å². The fraction of sp³-hybridized carbons (Fsp3) is 0.0606. The summed E-state index contributed by atoms with van der Waals surface area (Å²) < 4.78 is 1.97. The monoisotopic (exact) mass is 556 g/mol. The van der Waals surface area contributed by atoms with Gasteiger partial charge in [-0.15, -0.1) is 5.10 Å². The van der Waals surface area contributed by atoms with Crippen molar-refractivity contribution in [2.75, 3.05) is 0 Å². The van der Waals surface area contributed by atoms with Gasteiger partial charge in [-0.2, -0.15) is 0 Å². The van der Waals surface area contributed by atoms with Crippen LogP contribution in [0.5, 0.6) is 0 Å². The van der Waals surface area contributed by atoms with Gasteiger partial charge in [0.1, 0.15) is 5.54 Å². The Morgan fingerprint density at radius 2 is 0.947 bits per heavy atom. The first-order valence-electron chi connectivity index (χ1n) is 12.5. The van der Waals surface area contributed by atoms with Crippen LogP contribution in [0.15, 0.2) is 140 Å². The van der Waals surface area contributed by atoms with Gasteiger partial charge in [-0.05, 0) is 43.8 Å². The Morgan fingerprint density at radius 3 is 1.39 bits per heavy atom. The molecule has 4 nitrogen and oxygen atoms in total. The van der Waals surface area contributed by atoms with E-state index in [9.17, 15) is 0 Å². The molecule has 6 aromatic rings. The van der Waals surface area contributed by atoms with Gasteiger partial charge in [0.15, 0.2) is 5.82 Å². The van der Waals surface area contributed by atoms with E-state index in [0.717, 1.165) is 33.1 Å². The van der Waals surface area contributed by atoms with Gasteiger partial charge in [0.2, 0.25) is 0 Å². The summed E-state index contributed by atoms with van der Waals surface area (Å²) >= 11 is 3.52. The van der Waals surface area contributed by atoms with Crippen molar-refractivity contribution >= 4 is 15.9 Å². The van der Waals surface area contributed by atoms with E-state index in [1.54, 1.807) is 0 Å². The van der Waals surface area contributed by atoms with E-state index in [1.165, 1.54) is 11.1 Å². The van der Waals surface area contributed by atoms with E-state index in [-0.39, 0.29) is 0 Å². The zero-order valence-electron chi connectivity index (χ0n) is 20.7. The second-order valence-corrected chi connectivity index (χ2v) is 9.69. The molecule has 0 saturated heterocycles. The molecule has 1 heterocycles. The van der Waals surface area contributed by atoms with Crippen LogP contribution >= 0.6 is 15.9 Å². The van der Waals surface area contributed by atoms with Crippen LogP contribution in [-0.4, -0.2) is 20.2 Å². The Bertz CT molecular complexity index is 1520. The van der Waals surface area contributed by atoms with Gasteiger partial charge in [0.25, 0.3) is 0 Å². The molecule has 6 rings (SSSR count). The molecule has 0 unspecified atom stereocenters. The first-order valence-corrected chi connectivity index (χ1v) is 13.6. The highest BCUT2D eigenvalue weighted by molar-refractivity contribution is 9.08. The van der Waals surface area contributed by atoms with Gasteiger partial charge in [-0.1, -0.05) is 155 Å². The van der Waals surface area contributed by atoms with Crippen LogP contribution < -0.4 is 0 Å². The Morgan fingerprint density at radius 1 is 0.526 bits per heavy atom. The minimum atomic E-state index is -0.771. The average Bonchev–Trinajstić information content (AvgIpc) is 3.50. The number of hydrogen-bond acceptors (Lipinski definition) is 3. The summed E-state index contributed by atoms with van der Waals surface area (Å²) in [4.78, 5) is 0. The lowest BCUT2D eigenvalue weighted by Crippen LogP contribution is -2.39. The molecule has 0 bridgehead atoms. The highest BCUT2D eigenvalue weighted by atomic mass is 79.9. The molecule has 0 aliphatic heterocycles. The molecule has 0 N–H and O–H groups in total. The lowest BCUT2D eigenvalue weighted by atomic mass is 9.77. The third kappa shape index (κ3) is 4.25. The Kier molecular flexibility index (Phi) is 6.67. The van der Waals surface area contributed by atoms with Crippen molar-refractivity contribution < 1.29 is 0 Å². The summed E-state index contributed by atoms with van der Waals surface area (Å²) in [5.41, 5.74) is 6.99. The molecule has 0 radical (unpaired) electrons. The number of hydrogen-bond donors (Lipinski definition) is 0. The van der Waals surface area contributed by atoms with Crippen LogP contribution in [-0.2, 0) is 10.9 Å². The zero-order chi connectivity index (χ0) is 25.8. The molecule has 5 aromatic carbocycles. The van der Waals surface area contributed by atoms with Gasteiger partial charge in [-0.25, -0.2) is 4.68 Å². The number of tetrazole rings is 1. The summed E-state index contributed by atoms with van der Waals surface area (Å²) in [7, 11) is 0. The highest BCUT2D eigenvalue weighted by Crippen LogP contribution is 2.42.